The number of amides is 2. The van der Waals surface area contributed by atoms with Gasteiger partial charge in [0.1, 0.15) is 11.4 Å². The zero-order valence-electron chi connectivity index (χ0n) is 18.6. The zero-order valence-corrected chi connectivity index (χ0v) is 18.6. The maximum Gasteiger partial charge on any atom is 0.343 e. The van der Waals surface area contributed by atoms with Gasteiger partial charge in [-0.3, -0.25) is 9.59 Å². The minimum Gasteiger partial charge on any atom is -0.462 e. The molecule has 0 saturated carbocycles. The van der Waals surface area contributed by atoms with Gasteiger partial charge in [0.05, 0.1) is 24.2 Å². The molecule has 2 amide bonds. The van der Waals surface area contributed by atoms with Crippen molar-refractivity contribution < 1.29 is 23.5 Å². The highest BCUT2D eigenvalue weighted by atomic mass is 16.5. The second-order valence-corrected chi connectivity index (χ2v) is 7.86. The Morgan fingerprint density at radius 1 is 1.18 bits per heavy atom. The van der Waals surface area contributed by atoms with Crippen LogP contribution in [0.25, 0.3) is 0 Å². The summed E-state index contributed by atoms with van der Waals surface area (Å²) in [6, 6.07) is 10.6. The number of carbonyl (C=O) groups excluding carboxylic acids is 3. The van der Waals surface area contributed by atoms with Gasteiger partial charge in [-0.1, -0.05) is 12.1 Å². The zero-order chi connectivity index (χ0) is 23.4. The predicted octanol–water partition coefficient (Wildman–Crippen LogP) is 3.24. The molecule has 1 saturated heterocycles. The van der Waals surface area contributed by atoms with Gasteiger partial charge in [-0.15, -0.1) is 0 Å². The molecule has 2 aromatic rings. The largest absolute Gasteiger partial charge is 0.462 e. The van der Waals surface area contributed by atoms with Crippen LogP contribution in [-0.4, -0.2) is 48.2 Å². The van der Waals surface area contributed by atoms with Crippen LogP contribution in [0.15, 0.2) is 63.3 Å². The van der Waals surface area contributed by atoms with Gasteiger partial charge in [0, 0.05) is 24.7 Å². The number of amidine groups is 1. The summed E-state index contributed by atoms with van der Waals surface area (Å²) in [6.07, 6.45) is 2.46. The van der Waals surface area contributed by atoms with E-state index in [1.54, 1.807) is 36.9 Å². The number of aliphatic imine (C=N–C) groups is 1. The summed E-state index contributed by atoms with van der Waals surface area (Å²) >= 11 is 0. The quantitative estimate of drug-likeness (QED) is 0.692. The van der Waals surface area contributed by atoms with Crippen molar-refractivity contribution in [3.8, 4) is 0 Å². The number of piperidine rings is 1. The first-order valence-corrected chi connectivity index (χ1v) is 10.9. The third kappa shape index (κ3) is 4.82. The van der Waals surface area contributed by atoms with Crippen molar-refractivity contribution >= 4 is 35.0 Å². The van der Waals surface area contributed by atoms with Gasteiger partial charge in [0.2, 0.25) is 5.91 Å². The highest BCUT2D eigenvalue weighted by Crippen LogP contribution is 2.30. The number of benzene rings is 1. The molecule has 2 N–H and O–H groups in total. The van der Waals surface area contributed by atoms with E-state index >= 15 is 0 Å². The third-order valence-corrected chi connectivity index (χ3v) is 5.68. The number of anilines is 1. The molecule has 9 nitrogen and oxygen atoms in total. The molecule has 3 heterocycles. The van der Waals surface area contributed by atoms with Crippen LogP contribution in [0.5, 0.6) is 0 Å². The Labute approximate surface area is 191 Å². The summed E-state index contributed by atoms with van der Waals surface area (Å²) < 4.78 is 10.4. The average molecular weight is 450 g/mol. The highest BCUT2D eigenvalue weighted by Gasteiger charge is 2.32. The number of hydrogen-bond donors (Lipinski definition) is 2. The number of nitrogens with zero attached hydrogens (tertiary/aromatic N) is 2. The van der Waals surface area contributed by atoms with E-state index in [2.05, 4.69) is 15.6 Å². The molecule has 2 aliphatic rings. The normalized spacial score (nSPS) is 16.3. The number of furan rings is 1. The Bertz CT molecular complexity index is 1110. The first-order chi connectivity index (χ1) is 16.0. The molecule has 1 aromatic carbocycles. The third-order valence-electron chi connectivity index (χ3n) is 5.68. The van der Waals surface area contributed by atoms with Crippen LogP contribution < -0.4 is 10.6 Å². The lowest BCUT2D eigenvalue weighted by Crippen LogP contribution is -2.45. The van der Waals surface area contributed by atoms with Crippen LogP contribution in [0.2, 0.25) is 0 Å². The van der Waals surface area contributed by atoms with Gasteiger partial charge < -0.3 is 24.7 Å². The summed E-state index contributed by atoms with van der Waals surface area (Å²) in [5, 5.41) is 6.04. The van der Waals surface area contributed by atoms with Gasteiger partial charge in [0.25, 0.3) is 5.91 Å². The molecular weight excluding hydrogens is 424 g/mol. The van der Waals surface area contributed by atoms with Crippen LogP contribution in [0.3, 0.4) is 0 Å². The number of rotatable bonds is 4. The topological polar surface area (TPSA) is 113 Å². The average Bonchev–Trinajstić information content (AvgIpc) is 3.30. The van der Waals surface area contributed by atoms with Crippen molar-refractivity contribution in [3.05, 3.63) is 59.7 Å². The van der Waals surface area contributed by atoms with Crippen molar-refractivity contribution in [2.24, 2.45) is 10.9 Å². The number of nitrogens with one attached hydrogen (secondary N) is 2. The number of likely N-dealkylation sites (tertiary alicyclic amines) is 1. The molecule has 4 rings (SSSR count). The van der Waals surface area contributed by atoms with Gasteiger partial charge in [-0.05, 0) is 51.0 Å². The molecule has 1 fully saturated rings. The van der Waals surface area contributed by atoms with Gasteiger partial charge in [0.15, 0.2) is 5.76 Å². The maximum atomic E-state index is 13.1. The van der Waals surface area contributed by atoms with Crippen molar-refractivity contribution in [1.82, 2.24) is 10.2 Å². The van der Waals surface area contributed by atoms with E-state index in [4.69, 9.17) is 9.15 Å². The number of fused-ring (bicyclic) bond motifs is 1. The molecule has 2 aliphatic heterocycles. The molecule has 0 unspecified atom stereocenters. The second kappa shape index (κ2) is 9.72. The van der Waals surface area contributed by atoms with Gasteiger partial charge in [-0.25, -0.2) is 9.79 Å². The Morgan fingerprint density at radius 2 is 1.94 bits per heavy atom. The van der Waals surface area contributed by atoms with E-state index in [1.165, 1.54) is 6.26 Å². The number of esters is 1. The first-order valence-electron chi connectivity index (χ1n) is 10.9. The highest BCUT2D eigenvalue weighted by molar-refractivity contribution is 6.24. The Morgan fingerprint density at radius 3 is 2.64 bits per heavy atom. The summed E-state index contributed by atoms with van der Waals surface area (Å²) in [5.74, 6) is -0.860. The molecule has 0 bridgehead atoms. The lowest BCUT2D eigenvalue weighted by molar-refractivity contribution is -0.137. The molecule has 1 aromatic heterocycles. The summed E-state index contributed by atoms with van der Waals surface area (Å²) in [5.41, 5.74) is 2.05. The number of hydrogen-bond acceptors (Lipinski definition) is 7. The molecule has 0 radical (unpaired) electrons. The first kappa shape index (κ1) is 22.3. The SMILES string of the molecule is CCOC(=O)C1=C(C)Nc2ccccc2N=C1NC(=O)C1CCN(C(=O)c2ccco2)CC1. The summed E-state index contributed by atoms with van der Waals surface area (Å²) in [7, 11) is 0. The molecular formula is C24H26N4O5. The van der Waals surface area contributed by atoms with Crippen molar-refractivity contribution in [2.75, 3.05) is 25.0 Å². The van der Waals surface area contributed by atoms with E-state index in [1.807, 2.05) is 18.2 Å². The Balaban J connectivity index is 1.50. The Hall–Kier alpha value is -3.88. The lowest BCUT2D eigenvalue weighted by Gasteiger charge is -2.30. The maximum absolute atomic E-state index is 13.1. The van der Waals surface area contributed by atoms with Crippen LogP contribution in [-0.2, 0) is 14.3 Å². The summed E-state index contributed by atoms with van der Waals surface area (Å²) in [6.45, 7) is 4.54. The molecule has 0 aliphatic carbocycles. The standard InChI is InChI=1S/C24H26N4O5/c1-3-32-24(31)20-15(2)25-17-7-4-5-8-18(17)26-21(20)27-22(29)16-10-12-28(13-11-16)23(30)19-9-6-14-33-19/h4-9,14,16,25H,3,10-13H2,1-2H3,(H,26,27,29). The van der Waals surface area contributed by atoms with Crippen molar-refractivity contribution in [2.45, 2.75) is 26.7 Å². The van der Waals surface area contributed by atoms with E-state index in [0.29, 0.717) is 37.3 Å². The predicted molar refractivity (Wildman–Crippen MR) is 122 cm³/mol. The van der Waals surface area contributed by atoms with E-state index < -0.39 is 5.97 Å². The molecule has 172 valence electrons. The molecule has 33 heavy (non-hydrogen) atoms. The number of allylic oxidation sites excluding steroid dienone is 1. The van der Waals surface area contributed by atoms with E-state index in [0.717, 1.165) is 5.69 Å². The van der Waals surface area contributed by atoms with Crippen LogP contribution in [0.1, 0.15) is 37.2 Å². The van der Waals surface area contributed by atoms with Crippen LogP contribution >= 0.6 is 0 Å². The molecule has 0 spiro atoms. The monoisotopic (exact) mass is 450 g/mol. The minimum atomic E-state index is -0.562. The van der Waals surface area contributed by atoms with Crippen molar-refractivity contribution in [3.63, 3.8) is 0 Å². The minimum absolute atomic E-state index is 0.155. The number of ether oxygens (including phenoxy) is 1. The fraction of sp³-hybridized carbons (Fsp3) is 0.333. The smallest absolute Gasteiger partial charge is 0.343 e. The lowest BCUT2D eigenvalue weighted by atomic mass is 9.95. The molecule has 9 heteroatoms. The van der Waals surface area contributed by atoms with Gasteiger partial charge >= 0.3 is 5.97 Å². The number of carbonyl (C=O) groups is 3. The van der Waals surface area contributed by atoms with Crippen LogP contribution in [0, 0.1) is 5.92 Å². The fourth-order valence-electron chi connectivity index (χ4n) is 3.96. The Kier molecular flexibility index (Phi) is 6.58. The number of para-hydroxylation sites is 2. The van der Waals surface area contributed by atoms with Crippen molar-refractivity contribution in [1.29, 1.82) is 0 Å². The second-order valence-electron chi connectivity index (χ2n) is 7.86. The van der Waals surface area contributed by atoms with E-state index in [9.17, 15) is 14.4 Å². The summed E-state index contributed by atoms with van der Waals surface area (Å²) in [4.78, 5) is 44.6. The molecule has 0 atom stereocenters. The van der Waals surface area contributed by atoms with Crippen LogP contribution in [0.4, 0.5) is 11.4 Å². The van der Waals surface area contributed by atoms with Gasteiger partial charge in [-0.2, -0.15) is 0 Å². The van der Waals surface area contributed by atoms with E-state index in [-0.39, 0.29) is 41.5 Å². The fourth-order valence-corrected chi connectivity index (χ4v) is 3.96.